The van der Waals surface area contributed by atoms with Crippen LogP contribution < -0.4 is 5.32 Å². The van der Waals surface area contributed by atoms with Crippen molar-refractivity contribution in [1.82, 2.24) is 9.88 Å². The summed E-state index contributed by atoms with van der Waals surface area (Å²) >= 11 is 18.7. The number of nitrogens with one attached hydrogen (secondary N) is 1. The number of aliphatic hydroxyl groups excluding tert-OH is 1. The van der Waals surface area contributed by atoms with Crippen molar-refractivity contribution in [2.24, 2.45) is 7.05 Å². The van der Waals surface area contributed by atoms with Crippen molar-refractivity contribution in [3.63, 3.8) is 0 Å². The predicted octanol–water partition coefficient (Wildman–Crippen LogP) is 4.43. The van der Waals surface area contributed by atoms with E-state index in [4.69, 9.17) is 41.1 Å². The molecule has 2 heterocycles. The molecule has 2 N–H and O–H groups in total. The van der Waals surface area contributed by atoms with Crippen LogP contribution in [0.3, 0.4) is 0 Å². The molecule has 0 amide bonds. The summed E-state index contributed by atoms with van der Waals surface area (Å²) in [5.41, 5.74) is 1.91. The Morgan fingerprint density at radius 1 is 1.35 bits per heavy atom. The lowest BCUT2D eigenvalue weighted by Crippen LogP contribution is -2.22. The normalized spacial score (nSPS) is 10.4. The number of aryl methyl sites for hydroxylation is 1. The fourth-order valence-corrected chi connectivity index (χ4v) is 4.26. The third-order valence-corrected chi connectivity index (χ3v) is 5.94. The molecule has 0 fully saturated rings. The van der Waals surface area contributed by atoms with Gasteiger partial charge in [0.05, 0.1) is 9.39 Å². The van der Waals surface area contributed by atoms with Crippen LogP contribution in [0.25, 0.3) is 10.2 Å². The predicted molar refractivity (Wildman–Crippen MR) is 116 cm³/mol. The third-order valence-electron chi connectivity index (χ3n) is 3.75. The zero-order chi connectivity index (χ0) is 18.7. The van der Waals surface area contributed by atoms with Crippen LogP contribution in [-0.2, 0) is 13.6 Å². The molecule has 26 heavy (non-hydrogen) atoms. The topological polar surface area (TPSA) is 37.2 Å². The minimum Gasteiger partial charge on any atom is -0.384 e. The second-order valence-corrected chi connectivity index (χ2v) is 7.86. The van der Waals surface area contributed by atoms with Gasteiger partial charge in [-0.05, 0) is 23.8 Å². The molecule has 0 saturated carbocycles. The minimum absolute atomic E-state index is 0.162. The zero-order valence-corrected chi connectivity index (χ0v) is 17.1. The van der Waals surface area contributed by atoms with E-state index >= 15 is 0 Å². The van der Waals surface area contributed by atoms with Gasteiger partial charge >= 0.3 is 0 Å². The van der Waals surface area contributed by atoms with Crippen LogP contribution in [0.15, 0.2) is 36.5 Å². The van der Waals surface area contributed by atoms with Crippen molar-refractivity contribution >= 4 is 62.6 Å². The number of hydrogen-bond donors (Lipinski definition) is 2. The molecule has 3 aromatic rings. The first-order valence-electron chi connectivity index (χ1n) is 7.75. The van der Waals surface area contributed by atoms with Gasteiger partial charge in [0.2, 0.25) is 0 Å². The Balaban J connectivity index is 1.89. The number of hydrogen-bond acceptors (Lipinski definition) is 4. The molecule has 0 spiro atoms. The largest absolute Gasteiger partial charge is 0.384 e. The maximum atomic E-state index is 8.87. The van der Waals surface area contributed by atoms with Gasteiger partial charge in [-0.15, -0.1) is 11.3 Å². The van der Waals surface area contributed by atoms with Crippen molar-refractivity contribution in [3.8, 4) is 11.8 Å². The van der Waals surface area contributed by atoms with Gasteiger partial charge in [-0.25, -0.2) is 0 Å². The molecule has 2 aromatic heterocycles. The van der Waals surface area contributed by atoms with Crippen LogP contribution in [0.5, 0.6) is 0 Å². The molecule has 0 unspecified atom stereocenters. The highest BCUT2D eigenvalue weighted by Crippen LogP contribution is 2.27. The standard InChI is InChI=1S/C19H15ClN2OS3/c1-22-11-16(18(25)21-10-12-4-6-13(20)7-5-12)17(24)15-9-14(3-2-8-23)26-19(15)22/h4-7,9,11,23H,8,10H2,1H3,(H,21,25). The summed E-state index contributed by atoms with van der Waals surface area (Å²) in [6.45, 7) is 0.439. The second kappa shape index (κ2) is 8.30. The molecule has 0 aliphatic carbocycles. The lowest BCUT2D eigenvalue weighted by molar-refractivity contribution is 0.350. The number of pyridine rings is 1. The highest BCUT2D eigenvalue weighted by Gasteiger charge is 2.11. The number of rotatable bonds is 3. The second-order valence-electron chi connectivity index (χ2n) is 5.58. The van der Waals surface area contributed by atoms with Crippen molar-refractivity contribution < 1.29 is 5.11 Å². The monoisotopic (exact) mass is 418 g/mol. The molecule has 0 atom stereocenters. The van der Waals surface area contributed by atoms with E-state index in [1.165, 1.54) is 0 Å². The summed E-state index contributed by atoms with van der Waals surface area (Å²) in [5, 5.41) is 13.8. The van der Waals surface area contributed by atoms with Crippen LogP contribution in [0.1, 0.15) is 16.0 Å². The fourth-order valence-electron chi connectivity index (χ4n) is 2.49. The first-order chi connectivity index (χ1) is 12.5. The van der Waals surface area contributed by atoms with Gasteiger partial charge in [0.1, 0.15) is 16.4 Å². The number of nitrogens with zero attached hydrogens (tertiary/aromatic N) is 1. The average molecular weight is 419 g/mol. The lowest BCUT2D eigenvalue weighted by Gasteiger charge is -2.11. The van der Waals surface area contributed by atoms with Crippen LogP contribution in [0, 0.1) is 16.4 Å². The summed E-state index contributed by atoms with van der Waals surface area (Å²) in [7, 11) is 1.96. The SMILES string of the molecule is Cn1cc(C(=S)NCc2ccc(Cl)cc2)c(=S)c2cc(C#CCO)sc21. The number of thiophene rings is 1. The van der Waals surface area contributed by atoms with Crippen LogP contribution >= 0.6 is 47.4 Å². The Morgan fingerprint density at radius 2 is 2.08 bits per heavy atom. The molecular formula is C19H15ClN2OS3. The molecule has 1 aromatic carbocycles. The van der Waals surface area contributed by atoms with Crippen molar-refractivity contribution in [2.75, 3.05) is 6.61 Å². The Morgan fingerprint density at radius 3 is 2.77 bits per heavy atom. The molecule has 0 bridgehead atoms. The van der Waals surface area contributed by atoms with E-state index in [-0.39, 0.29) is 6.61 Å². The minimum atomic E-state index is -0.162. The van der Waals surface area contributed by atoms with Crippen LogP contribution in [0.2, 0.25) is 5.02 Å². The van der Waals surface area contributed by atoms with E-state index < -0.39 is 0 Å². The van der Waals surface area contributed by atoms with Gasteiger partial charge in [-0.1, -0.05) is 60.0 Å². The first kappa shape index (κ1) is 19.0. The lowest BCUT2D eigenvalue weighted by atomic mass is 10.2. The van der Waals surface area contributed by atoms with E-state index in [2.05, 4.69) is 17.2 Å². The maximum Gasteiger partial charge on any atom is 0.109 e. The highest BCUT2D eigenvalue weighted by atomic mass is 35.5. The van der Waals surface area contributed by atoms with Crippen LogP contribution in [-0.4, -0.2) is 21.3 Å². The number of thiocarbonyl (C=S) groups is 1. The Hall–Kier alpha value is -1.75. The molecule has 132 valence electrons. The number of aliphatic hydroxyl groups is 1. The Bertz CT molecular complexity index is 1090. The van der Waals surface area contributed by atoms with Gasteiger partial charge in [0, 0.05) is 35.8 Å². The molecule has 0 saturated heterocycles. The molecule has 3 nitrogen and oxygen atoms in total. The summed E-state index contributed by atoms with van der Waals surface area (Å²) in [6, 6.07) is 9.58. The van der Waals surface area contributed by atoms with E-state index in [0.717, 1.165) is 26.2 Å². The molecule has 0 radical (unpaired) electrons. The summed E-state index contributed by atoms with van der Waals surface area (Å²) in [5.74, 6) is 5.61. The van der Waals surface area contributed by atoms with Crippen molar-refractivity contribution in [3.05, 3.63) is 62.1 Å². The van der Waals surface area contributed by atoms with E-state index in [0.29, 0.717) is 21.1 Å². The van der Waals surface area contributed by atoms with Crippen molar-refractivity contribution in [1.29, 1.82) is 0 Å². The number of benzene rings is 1. The van der Waals surface area contributed by atoms with Gasteiger partial charge in [0.25, 0.3) is 0 Å². The number of aromatic nitrogens is 1. The third kappa shape index (κ3) is 4.14. The first-order valence-corrected chi connectivity index (χ1v) is 9.76. The summed E-state index contributed by atoms with van der Waals surface area (Å²) < 4.78 is 2.71. The molecule has 7 heteroatoms. The highest BCUT2D eigenvalue weighted by molar-refractivity contribution is 7.80. The number of halogens is 1. The average Bonchev–Trinajstić information content (AvgIpc) is 3.07. The van der Waals surface area contributed by atoms with Crippen LogP contribution in [0.4, 0.5) is 0 Å². The summed E-state index contributed by atoms with van der Waals surface area (Å²) in [4.78, 5) is 2.51. The zero-order valence-electron chi connectivity index (χ0n) is 13.9. The summed E-state index contributed by atoms with van der Waals surface area (Å²) in [6.07, 6.45) is 1.95. The van der Waals surface area contributed by atoms with Gasteiger partial charge in [-0.3, -0.25) is 0 Å². The van der Waals surface area contributed by atoms with E-state index in [1.807, 2.05) is 48.1 Å². The maximum absolute atomic E-state index is 8.87. The van der Waals surface area contributed by atoms with E-state index in [1.54, 1.807) is 11.3 Å². The molecule has 0 aliphatic heterocycles. The van der Waals surface area contributed by atoms with Gasteiger partial charge in [0.15, 0.2) is 0 Å². The Kier molecular flexibility index (Phi) is 6.07. The van der Waals surface area contributed by atoms with Crippen molar-refractivity contribution in [2.45, 2.75) is 6.54 Å². The fraction of sp³-hybridized carbons (Fsp3) is 0.158. The van der Waals surface area contributed by atoms with Gasteiger partial charge in [-0.2, -0.15) is 0 Å². The molecule has 0 aliphatic rings. The molecular weight excluding hydrogens is 404 g/mol. The quantitative estimate of drug-likeness (QED) is 0.487. The molecule has 3 rings (SSSR count). The van der Waals surface area contributed by atoms with E-state index in [9.17, 15) is 0 Å². The van der Waals surface area contributed by atoms with Gasteiger partial charge < -0.3 is 15.0 Å². The number of fused-ring (bicyclic) bond motifs is 1. The Labute approximate surface area is 171 Å². The smallest absolute Gasteiger partial charge is 0.109 e.